The minimum Gasteiger partial charge on any atom is -0.461 e. The van der Waals surface area contributed by atoms with Crippen molar-refractivity contribution in [3.63, 3.8) is 0 Å². The summed E-state index contributed by atoms with van der Waals surface area (Å²) in [5.41, 5.74) is 0.442. The molecule has 6 heteroatoms. The molecule has 1 saturated carbocycles. The summed E-state index contributed by atoms with van der Waals surface area (Å²) in [7, 11) is 0. The number of H-pyrrole nitrogens is 1. The van der Waals surface area contributed by atoms with Gasteiger partial charge in [-0.15, -0.1) is 0 Å². The number of hydrogen-bond donors (Lipinski definition) is 1. The van der Waals surface area contributed by atoms with Crippen molar-refractivity contribution in [3.05, 3.63) is 17.0 Å². The van der Waals surface area contributed by atoms with Crippen LogP contribution in [0.4, 0.5) is 8.78 Å². The average Bonchev–Trinajstić information content (AvgIpc) is 2.63. The van der Waals surface area contributed by atoms with E-state index < -0.39 is 23.2 Å². The minimum atomic E-state index is -2.64. The lowest BCUT2D eigenvalue weighted by Crippen LogP contribution is -2.16. The van der Waals surface area contributed by atoms with Gasteiger partial charge in [0.2, 0.25) is 0 Å². The first kappa shape index (κ1) is 11.6. The predicted molar refractivity (Wildman–Crippen MR) is 58.5 cm³/mol. The Morgan fingerprint density at radius 1 is 1.61 bits per heavy atom. The number of nitrogens with one attached hydrogen (secondary N) is 1. The third-order valence-electron chi connectivity index (χ3n) is 4.26. The highest BCUT2D eigenvalue weighted by Crippen LogP contribution is 2.70. The number of aromatic nitrogens is 2. The first-order chi connectivity index (χ1) is 8.41. The number of aromatic amines is 1. The fourth-order valence-corrected chi connectivity index (χ4v) is 2.98. The molecule has 2 aliphatic rings. The van der Waals surface area contributed by atoms with Crippen LogP contribution in [0.2, 0.25) is 0 Å². The van der Waals surface area contributed by atoms with E-state index in [0.29, 0.717) is 11.3 Å². The second-order valence-corrected chi connectivity index (χ2v) is 5.22. The molecule has 3 rings (SSSR count). The summed E-state index contributed by atoms with van der Waals surface area (Å²) in [5, 5.41) is 6.61. The summed E-state index contributed by atoms with van der Waals surface area (Å²) < 4.78 is 32.2. The molecule has 1 heterocycles. The van der Waals surface area contributed by atoms with Crippen molar-refractivity contribution in [2.24, 2.45) is 11.3 Å². The van der Waals surface area contributed by atoms with Crippen LogP contribution in [0, 0.1) is 11.3 Å². The molecule has 0 unspecified atom stereocenters. The fraction of sp³-hybridized carbons (Fsp3) is 0.667. The molecule has 0 amide bonds. The standard InChI is InChI=1S/C12H14F2N2O2/c1-3-18-10(17)9-6-4-8-11(2,12(8,13)14)5-7(6)15-16-9/h8H,3-5H2,1-2H3,(H,15,16)/t8-,11+/m1/s1. The number of nitrogens with zero attached hydrogens (tertiary/aromatic N) is 1. The summed E-state index contributed by atoms with van der Waals surface area (Å²) in [6, 6.07) is 0. The van der Waals surface area contributed by atoms with Crippen LogP contribution >= 0.6 is 0 Å². The number of carbonyl (C=O) groups excluding carboxylic acids is 1. The summed E-state index contributed by atoms with van der Waals surface area (Å²) >= 11 is 0. The van der Waals surface area contributed by atoms with Crippen molar-refractivity contribution in [2.45, 2.75) is 32.6 Å². The van der Waals surface area contributed by atoms with Gasteiger partial charge in [-0.05, 0) is 13.3 Å². The lowest BCUT2D eigenvalue weighted by atomic mass is 9.88. The first-order valence-corrected chi connectivity index (χ1v) is 6.03. The Morgan fingerprint density at radius 2 is 2.33 bits per heavy atom. The van der Waals surface area contributed by atoms with Crippen LogP contribution in [0.15, 0.2) is 0 Å². The lowest BCUT2D eigenvalue weighted by Gasteiger charge is -2.15. The van der Waals surface area contributed by atoms with Gasteiger partial charge in [-0.3, -0.25) is 5.10 Å². The second kappa shape index (κ2) is 3.30. The summed E-state index contributed by atoms with van der Waals surface area (Å²) in [6.07, 6.45) is 0.440. The number of hydrogen-bond acceptors (Lipinski definition) is 3. The van der Waals surface area contributed by atoms with Gasteiger partial charge in [-0.25, -0.2) is 13.6 Å². The highest BCUT2D eigenvalue weighted by molar-refractivity contribution is 5.89. The highest BCUT2D eigenvalue weighted by atomic mass is 19.3. The molecule has 1 fully saturated rings. The first-order valence-electron chi connectivity index (χ1n) is 6.03. The molecule has 0 radical (unpaired) electrons. The van der Waals surface area contributed by atoms with Crippen molar-refractivity contribution >= 4 is 5.97 Å². The molecular weight excluding hydrogens is 242 g/mol. The van der Waals surface area contributed by atoms with Gasteiger partial charge in [-0.2, -0.15) is 5.10 Å². The van der Waals surface area contributed by atoms with E-state index in [-0.39, 0.29) is 25.1 Å². The van der Waals surface area contributed by atoms with Crippen molar-refractivity contribution in [2.75, 3.05) is 6.61 Å². The maximum Gasteiger partial charge on any atom is 0.359 e. The minimum absolute atomic E-state index is 0.164. The van der Waals surface area contributed by atoms with Crippen LogP contribution in [0.1, 0.15) is 35.6 Å². The fourth-order valence-electron chi connectivity index (χ4n) is 2.98. The zero-order chi connectivity index (χ0) is 13.1. The zero-order valence-electron chi connectivity index (χ0n) is 10.2. The van der Waals surface area contributed by atoms with Crippen LogP contribution in [0.3, 0.4) is 0 Å². The largest absolute Gasteiger partial charge is 0.461 e. The average molecular weight is 256 g/mol. The number of alkyl halides is 2. The highest BCUT2D eigenvalue weighted by Gasteiger charge is 2.78. The van der Waals surface area contributed by atoms with E-state index >= 15 is 0 Å². The third kappa shape index (κ3) is 1.23. The molecular formula is C12H14F2N2O2. The smallest absolute Gasteiger partial charge is 0.359 e. The number of rotatable bonds is 2. The summed E-state index contributed by atoms with van der Waals surface area (Å²) in [4.78, 5) is 11.6. The Labute approximate surface area is 103 Å². The summed E-state index contributed by atoms with van der Waals surface area (Å²) in [5.74, 6) is -3.86. The van der Waals surface area contributed by atoms with Crippen LogP contribution in [-0.2, 0) is 17.6 Å². The molecule has 4 nitrogen and oxygen atoms in total. The number of esters is 1. The van der Waals surface area contributed by atoms with Gasteiger partial charge in [0.05, 0.1) is 6.61 Å². The molecule has 1 aromatic rings. The number of carbonyl (C=O) groups is 1. The summed E-state index contributed by atoms with van der Waals surface area (Å²) in [6.45, 7) is 3.53. The van der Waals surface area contributed by atoms with Crippen molar-refractivity contribution in [1.82, 2.24) is 10.2 Å². The molecule has 0 spiro atoms. The third-order valence-corrected chi connectivity index (χ3v) is 4.26. The van der Waals surface area contributed by atoms with Crippen molar-refractivity contribution in [1.29, 1.82) is 0 Å². The topological polar surface area (TPSA) is 55.0 Å². The SMILES string of the molecule is CCOC(=O)c1n[nH]c2c1C[C@H]1C(F)(F)[C@@]1(C)C2. The van der Waals surface area contributed by atoms with Gasteiger partial charge in [0.25, 0.3) is 5.92 Å². The maximum atomic E-state index is 13.7. The van der Waals surface area contributed by atoms with E-state index in [1.54, 1.807) is 13.8 Å². The zero-order valence-corrected chi connectivity index (χ0v) is 10.2. The van der Waals surface area contributed by atoms with Crippen LogP contribution in [0.25, 0.3) is 0 Å². The number of ether oxygens (including phenoxy) is 1. The molecule has 2 atom stereocenters. The van der Waals surface area contributed by atoms with E-state index in [0.717, 1.165) is 0 Å². The van der Waals surface area contributed by atoms with E-state index in [1.165, 1.54) is 0 Å². The van der Waals surface area contributed by atoms with Gasteiger partial charge >= 0.3 is 5.97 Å². The molecule has 1 N–H and O–H groups in total. The van der Waals surface area contributed by atoms with Gasteiger partial charge in [0.15, 0.2) is 5.69 Å². The van der Waals surface area contributed by atoms with Crippen LogP contribution in [0.5, 0.6) is 0 Å². The van der Waals surface area contributed by atoms with Gasteiger partial charge in [0, 0.05) is 29.0 Å². The monoisotopic (exact) mass is 256 g/mol. The van der Waals surface area contributed by atoms with E-state index in [1.807, 2.05) is 0 Å². The lowest BCUT2D eigenvalue weighted by molar-refractivity contribution is 0.0515. The molecule has 98 valence electrons. The van der Waals surface area contributed by atoms with E-state index in [9.17, 15) is 13.6 Å². The molecule has 0 aliphatic heterocycles. The second-order valence-electron chi connectivity index (χ2n) is 5.22. The predicted octanol–water partition coefficient (Wildman–Crippen LogP) is 1.96. The van der Waals surface area contributed by atoms with E-state index in [4.69, 9.17) is 4.74 Å². The Bertz CT molecular complexity index is 526. The van der Waals surface area contributed by atoms with Gasteiger partial charge in [0.1, 0.15) is 0 Å². The molecule has 0 saturated heterocycles. The molecule has 2 aliphatic carbocycles. The van der Waals surface area contributed by atoms with E-state index in [2.05, 4.69) is 10.2 Å². The quantitative estimate of drug-likeness (QED) is 0.823. The number of halogens is 2. The van der Waals surface area contributed by atoms with Gasteiger partial charge < -0.3 is 4.74 Å². The molecule has 1 aromatic heterocycles. The Balaban J connectivity index is 1.93. The normalized spacial score (nSPS) is 31.4. The van der Waals surface area contributed by atoms with Gasteiger partial charge in [-0.1, -0.05) is 6.92 Å². The van der Waals surface area contributed by atoms with Crippen LogP contribution in [-0.4, -0.2) is 28.7 Å². The Kier molecular flexibility index (Phi) is 2.13. The maximum absolute atomic E-state index is 13.7. The Morgan fingerprint density at radius 3 is 3.00 bits per heavy atom. The number of fused-ring (bicyclic) bond motifs is 2. The molecule has 0 bridgehead atoms. The van der Waals surface area contributed by atoms with Crippen molar-refractivity contribution in [3.8, 4) is 0 Å². The Hall–Kier alpha value is -1.46. The van der Waals surface area contributed by atoms with Crippen molar-refractivity contribution < 1.29 is 18.3 Å². The molecule has 0 aromatic carbocycles. The molecule has 18 heavy (non-hydrogen) atoms. The van der Waals surface area contributed by atoms with Crippen LogP contribution < -0.4 is 0 Å².